The van der Waals surface area contributed by atoms with Crippen LogP contribution in [0.3, 0.4) is 0 Å². The van der Waals surface area contributed by atoms with Gasteiger partial charge in [0.25, 0.3) is 5.56 Å². The topological polar surface area (TPSA) is 100 Å². The van der Waals surface area contributed by atoms with Gasteiger partial charge < -0.3 is 14.2 Å². The summed E-state index contributed by atoms with van der Waals surface area (Å²) < 4.78 is 29.8. The van der Waals surface area contributed by atoms with Crippen LogP contribution in [0.4, 0.5) is 0 Å². The highest BCUT2D eigenvalue weighted by Crippen LogP contribution is 2.57. The van der Waals surface area contributed by atoms with E-state index >= 15 is 0 Å². The van der Waals surface area contributed by atoms with Gasteiger partial charge in [-0.15, -0.1) is 0 Å². The van der Waals surface area contributed by atoms with Crippen molar-refractivity contribution < 1.29 is 13.8 Å². The SMILES string of the molecule is O=c1ccn([C@H]2CN(C(c3ccccc3)(c3ccccc3)c3ccccc3)C[C@@H](COP(=O)(Cl)N3CCC(N4CCCC4)CC3)O2)c(=O)[nH]1. The molecule has 12 heteroatoms. The highest BCUT2D eigenvalue weighted by atomic mass is 35.7. The monoisotopic (exact) mass is 703 g/mol. The molecule has 3 aliphatic heterocycles. The van der Waals surface area contributed by atoms with E-state index in [0.717, 1.165) is 42.6 Å². The molecule has 4 heterocycles. The van der Waals surface area contributed by atoms with Gasteiger partial charge in [-0.3, -0.25) is 23.8 Å². The lowest BCUT2D eigenvalue weighted by molar-refractivity contribution is -0.148. The van der Waals surface area contributed by atoms with E-state index in [1.807, 2.05) is 54.6 Å². The van der Waals surface area contributed by atoms with E-state index in [9.17, 15) is 14.2 Å². The van der Waals surface area contributed by atoms with Crippen LogP contribution >= 0.6 is 18.1 Å². The molecule has 1 unspecified atom stereocenters. The van der Waals surface area contributed by atoms with Gasteiger partial charge in [-0.05, 0) is 66.7 Å². The number of H-pyrrole nitrogens is 1. The second-order valence-electron chi connectivity index (χ2n) is 13.1. The van der Waals surface area contributed by atoms with Crippen LogP contribution < -0.4 is 11.2 Å². The standard InChI is InChI=1S/C37H43ClN5O5P/c38-49(46,42-23-18-32(19-24-42)40-21-10-11-22-40)47-28-33-26-41(27-35(48-33)43-25-20-34(44)39-36(43)45)37(29-12-4-1-5-13-29,30-14-6-2-7-15-30)31-16-8-3-9-17-31/h1-9,12-17,20,25,32-33,35H,10-11,18-19,21-24,26-28H2,(H,39,44,45)/t33-,35+,49?/m0/s1. The van der Waals surface area contributed by atoms with Crippen LogP contribution in [0.15, 0.2) is 113 Å². The summed E-state index contributed by atoms with van der Waals surface area (Å²) in [6, 6.07) is 32.6. The quantitative estimate of drug-likeness (QED) is 0.167. The normalized spacial score (nSPS) is 23.0. The second-order valence-corrected chi connectivity index (χ2v) is 16.1. The number of piperidine rings is 1. The van der Waals surface area contributed by atoms with E-state index in [1.54, 1.807) is 4.67 Å². The van der Waals surface area contributed by atoms with Gasteiger partial charge in [0.15, 0.2) is 6.23 Å². The fraction of sp³-hybridized carbons (Fsp3) is 0.405. The summed E-state index contributed by atoms with van der Waals surface area (Å²) in [6.45, 7) is 0.431. The molecular formula is C37H43ClN5O5P. The van der Waals surface area contributed by atoms with Gasteiger partial charge in [-0.1, -0.05) is 91.0 Å². The van der Waals surface area contributed by atoms with E-state index in [-0.39, 0.29) is 6.61 Å². The van der Waals surface area contributed by atoms with E-state index in [1.165, 1.54) is 29.7 Å². The molecule has 0 amide bonds. The van der Waals surface area contributed by atoms with Crippen LogP contribution in [0.1, 0.15) is 48.6 Å². The van der Waals surface area contributed by atoms with Gasteiger partial charge in [0, 0.05) is 44.5 Å². The Labute approximate surface area is 291 Å². The summed E-state index contributed by atoms with van der Waals surface area (Å²) in [4.78, 5) is 32.4. The molecule has 3 aromatic carbocycles. The number of benzene rings is 3. The number of hydrogen-bond acceptors (Lipinski definition) is 7. The van der Waals surface area contributed by atoms with Crippen molar-refractivity contribution in [3.05, 3.63) is 141 Å². The minimum Gasteiger partial charge on any atom is -0.350 e. The van der Waals surface area contributed by atoms with E-state index in [0.29, 0.717) is 32.2 Å². The zero-order chi connectivity index (χ0) is 33.8. The van der Waals surface area contributed by atoms with Gasteiger partial charge in [0.05, 0.1) is 18.2 Å². The summed E-state index contributed by atoms with van der Waals surface area (Å²) in [6.07, 6.45) is 4.32. The van der Waals surface area contributed by atoms with E-state index in [4.69, 9.17) is 20.5 Å². The Morgan fingerprint density at radius 3 is 1.88 bits per heavy atom. The van der Waals surface area contributed by atoms with Crippen molar-refractivity contribution in [2.45, 2.75) is 49.6 Å². The molecule has 3 fully saturated rings. The molecule has 1 N–H and O–H groups in total. The predicted molar refractivity (Wildman–Crippen MR) is 191 cm³/mol. The molecule has 0 spiro atoms. The molecule has 1 aromatic heterocycles. The van der Waals surface area contributed by atoms with Crippen LogP contribution in [0, 0.1) is 0 Å². The molecule has 49 heavy (non-hydrogen) atoms. The molecular weight excluding hydrogens is 661 g/mol. The third-order valence-corrected chi connectivity index (χ3v) is 12.7. The first kappa shape index (κ1) is 34.1. The van der Waals surface area contributed by atoms with Crippen LogP contribution in [-0.4, -0.2) is 82.0 Å². The van der Waals surface area contributed by atoms with Crippen LogP contribution in [0.5, 0.6) is 0 Å². The maximum Gasteiger partial charge on any atom is 0.363 e. The Balaban J connectivity index is 1.23. The molecule has 3 aliphatic rings. The molecule has 3 atom stereocenters. The summed E-state index contributed by atoms with van der Waals surface area (Å²) in [5, 5.41) is 0. The zero-order valence-electron chi connectivity index (χ0n) is 27.5. The lowest BCUT2D eigenvalue weighted by Gasteiger charge is -2.50. The Morgan fingerprint density at radius 1 is 0.796 bits per heavy atom. The van der Waals surface area contributed by atoms with E-state index < -0.39 is 36.0 Å². The van der Waals surface area contributed by atoms with Crippen molar-refractivity contribution in [2.24, 2.45) is 0 Å². The van der Waals surface area contributed by atoms with Gasteiger partial charge in [0.2, 0.25) is 0 Å². The summed E-state index contributed by atoms with van der Waals surface area (Å²) in [5.41, 5.74) is 1.23. The second kappa shape index (κ2) is 14.9. The van der Waals surface area contributed by atoms with Crippen molar-refractivity contribution in [3.8, 4) is 0 Å². The molecule has 0 saturated carbocycles. The van der Waals surface area contributed by atoms with Crippen molar-refractivity contribution in [3.63, 3.8) is 0 Å². The number of aromatic amines is 1. The van der Waals surface area contributed by atoms with Crippen molar-refractivity contribution in [2.75, 3.05) is 45.9 Å². The number of halogens is 1. The Morgan fingerprint density at radius 2 is 1.35 bits per heavy atom. The average Bonchev–Trinajstić information content (AvgIpc) is 3.68. The number of morpholine rings is 1. The number of nitrogens with zero attached hydrogens (tertiary/aromatic N) is 4. The third-order valence-electron chi connectivity index (χ3n) is 10.2. The van der Waals surface area contributed by atoms with Gasteiger partial charge in [-0.25, -0.2) is 9.46 Å². The maximum absolute atomic E-state index is 13.9. The van der Waals surface area contributed by atoms with Crippen LogP contribution in [0.25, 0.3) is 0 Å². The van der Waals surface area contributed by atoms with Crippen LogP contribution in [-0.2, 0) is 19.4 Å². The minimum atomic E-state index is -3.66. The smallest absolute Gasteiger partial charge is 0.350 e. The number of rotatable bonds is 10. The number of ether oxygens (including phenoxy) is 1. The van der Waals surface area contributed by atoms with Crippen molar-refractivity contribution in [1.82, 2.24) is 24.0 Å². The molecule has 10 nitrogen and oxygen atoms in total. The van der Waals surface area contributed by atoms with Crippen molar-refractivity contribution in [1.29, 1.82) is 0 Å². The number of nitrogens with one attached hydrogen (secondary N) is 1. The molecule has 4 aromatic rings. The van der Waals surface area contributed by atoms with Crippen LogP contribution in [0.2, 0.25) is 0 Å². The van der Waals surface area contributed by atoms with Crippen molar-refractivity contribution >= 4 is 18.1 Å². The largest absolute Gasteiger partial charge is 0.363 e. The molecule has 3 saturated heterocycles. The first-order valence-corrected chi connectivity index (χ1v) is 19.6. The lowest BCUT2D eigenvalue weighted by atomic mass is 9.75. The summed E-state index contributed by atoms with van der Waals surface area (Å²) in [7, 11) is 0. The predicted octanol–water partition coefficient (Wildman–Crippen LogP) is 5.65. The highest BCUT2D eigenvalue weighted by Gasteiger charge is 2.47. The fourth-order valence-corrected chi connectivity index (χ4v) is 9.74. The van der Waals surface area contributed by atoms with Gasteiger partial charge >= 0.3 is 12.6 Å². The minimum absolute atomic E-state index is 0.0492. The summed E-state index contributed by atoms with van der Waals surface area (Å²) >= 11 is 6.73. The Hall–Kier alpha value is -3.34. The summed E-state index contributed by atoms with van der Waals surface area (Å²) in [5.74, 6) is 0. The van der Waals surface area contributed by atoms with Gasteiger partial charge in [-0.2, -0.15) is 0 Å². The van der Waals surface area contributed by atoms with Gasteiger partial charge in [0.1, 0.15) is 0 Å². The number of likely N-dealkylation sites (tertiary alicyclic amines) is 1. The average molecular weight is 704 g/mol. The van der Waals surface area contributed by atoms with E-state index in [2.05, 4.69) is 51.2 Å². The number of aromatic nitrogens is 2. The Bertz CT molecular complexity index is 1750. The first-order chi connectivity index (χ1) is 23.8. The molecule has 0 bridgehead atoms. The fourth-order valence-electron chi connectivity index (χ4n) is 7.90. The maximum atomic E-state index is 13.9. The molecule has 0 aliphatic carbocycles. The highest BCUT2D eigenvalue weighted by molar-refractivity contribution is 7.83. The zero-order valence-corrected chi connectivity index (χ0v) is 29.1. The first-order valence-electron chi connectivity index (χ1n) is 17.2. The third kappa shape index (κ3) is 7.14. The Kier molecular flexibility index (Phi) is 10.4. The molecule has 258 valence electrons. The lowest BCUT2D eigenvalue weighted by Crippen LogP contribution is -2.58. The molecule has 0 radical (unpaired) electrons. The molecule has 7 rings (SSSR count). The number of hydrogen-bond donors (Lipinski definition) is 1.